The second kappa shape index (κ2) is 10.7. The number of nitrogens with zero attached hydrogens (tertiary/aromatic N) is 3. The highest BCUT2D eigenvalue weighted by atomic mass is 19.1. The third kappa shape index (κ3) is 5.93. The molecule has 0 saturated heterocycles. The van der Waals surface area contributed by atoms with Crippen molar-refractivity contribution < 1.29 is 24.9 Å². The average molecular weight is 455 g/mol. The Labute approximate surface area is 204 Å². The van der Waals surface area contributed by atoms with Crippen molar-refractivity contribution in [2.45, 2.75) is 20.3 Å². The van der Waals surface area contributed by atoms with Crippen molar-refractivity contribution in [1.82, 2.24) is 9.88 Å². The molecule has 0 aliphatic heterocycles. The van der Waals surface area contributed by atoms with E-state index in [4.69, 9.17) is 15.7 Å². The molecule has 0 saturated carbocycles. The second-order valence-corrected chi connectivity index (χ2v) is 7.18. The van der Waals surface area contributed by atoms with Gasteiger partial charge in [0.1, 0.15) is 17.6 Å². The largest absolute Gasteiger partial charge is 0.494 e. The van der Waals surface area contributed by atoms with E-state index >= 15 is 0 Å². The van der Waals surface area contributed by atoms with Crippen LogP contribution < -0.4 is 10.1 Å². The number of allylic oxidation sites excluding steroid dienone is 1. The van der Waals surface area contributed by atoms with E-state index in [1.165, 1.54) is 51.4 Å². The number of benzene rings is 2. The van der Waals surface area contributed by atoms with Gasteiger partial charge < -0.3 is 15.0 Å². The highest BCUT2D eigenvalue weighted by Gasteiger charge is 2.16. The quantitative estimate of drug-likeness (QED) is 0.462. The van der Waals surface area contributed by atoms with Gasteiger partial charge in [-0.25, -0.2) is 4.39 Å². The highest BCUT2D eigenvalue weighted by molar-refractivity contribution is 5.98. The van der Waals surface area contributed by atoms with Crippen molar-refractivity contribution in [3.05, 3.63) is 71.1 Å². The van der Waals surface area contributed by atoms with Crippen molar-refractivity contribution in [1.29, 1.82) is 5.26 Å². The van der Waals surface area contributed by atoms with Crippen LogP contribution in [0.15, 0.2) is 48.6 Å². The zero-order chi connectivity index (χ0) is 30.9. The monoisotopic (exact) mass is 454 g/mol. The number of pyridine rings is 1. The summed E-state index contributed by atoms with van der Waals surface area (Å²) < 4.78 is 82.0. The number of ketones is 1. The van der Waals surface area contributed by atoms with Crippen LogP contribution >= 0.6 is 0 Å². The zero-order valence-electron chi connectivity index (χ0n) is 26.3. The van der Waals surface area contributed by atoms with E-state index in [0.29, 0.717) is 0 Å². The van der Waals surface area contributed by atoms with Gasteiger partial charge in [0.25, 0.3) is 0 Å². The molecule has 0 aliphatic carbocycles. The number of likely N-dealkylation sites (N-methyl/N-ethyl adjacent to an activating group) is 1. The molecule has 7 heteroatoms. The molecule has 3 rings (SSSR count). The van der Waals surface area contributed by atoms with Gasteiger partial charge in [-0.15, -0.1) is 0 Å². The van der Waals surface area contributed by atoms with Crippen LogP contribution in [0.25, 0.3) is 10.9 Å². The van der Waals surface area contributed by atoms with E-state index in [9.17, 15) is 14.4 Å². The van der Waals surface area contributed by atoms with Crippen LogP contribution in [-0.4, -0.2) is 42.8 Å². The molecule has 0 radical (unpaired) electrons. The summed E-state index contributed by atoms with van der Waals surface area (Å²) in [6.07, 6.45) is 3.52. The number of fused-ring (bicyclic) bond motifs is 1. The van der Waals surface area contributed by atoms with E-state index in [1.54, 1.807) is 0 Å². The summed E-state index contributed by atoms with van der Waals surface area (Å²) in [6, 6.07) is 3.11. The standard InChI is InChI=1S/C26H27FN4O2/c1-5-33-25-14-24-22(13-18(25)12-21(32)7-6-10-31(3)4)26(19(15-28)16-29-24)30-20-8-9-23(27)17(2)11-20/h6-9,11,13-14,16H,5,10,12H2,1-4H3,(H,29,30)/b7-6+/i3D3,5D2,8D,9D,11D. The number of carbonyl (C=O) groups is 1. The predicted molar refractivity (Wildman–Crippen MR) is 128 cm³/mol. The molecule has 3 aromatic rings. The van der Waals surface area contributed by atoms with Gasteiger partial charge in [-0.1, -0.05) is 6.08 Å². The number of hydrogen-bond donors (Lipinski definition) is 1. The highest BCUT2D eigenvalue weighted by Crippen LogP contribution is 2.34. The Kier molecular flexibility index (Phi) is 4.91. The summed E-state index contributed by atoms with van der Waals surface area (Å²) in [5, 5.41) is 12.8. The van der Waals surface area contributed by atoms with Crippen molar-refractivity contribution >= 4 is 28.1 Å². The van der Waals surface area contributed by atoms with Crippen molar-refractivity contribution in [3.63, 3.8) is 0 Å². The molecule has 0 atom stereocenters. The topological polar surface area (TPSA) is 78.2 Å². The number of nitriles is 1. The van der Waals surface area contributed by atoms with Gasteiger partial charge in [0.2, 0.25) is 0 Å². The molecule has 0 unspecified atom stereocenters. The molecule has 0 aliphatic rings. The molecule has 0 amide bonds. The Hall–Kier alpha value is -3.76. The molecule has 1 aromatic heterocycles. The first-order valence-electron chi connectivity index (χ1n) is 13.9. The maximum absolute atomic E-state index is 14.3. The molecule has 1 heterocycles. The number of aromatic nitrogens is 1. The SMILES string of the molecule is [2H]c1c([2H])c(Nc2c(C#N)cnc3cc(OC([2H])([2H])C)c(CC(=O)/C=C/CN(C)C([2H])([2H])[2H])cc23)c([2H])c(C)c1F. The summed E-state index contributed by atoms with van der Waals surface area (Å²) in [5.41, 5.74) is 0.152. The van der Waals surface area contributed by atoms with E-state index < -0.39 is 37.2 Å². The number of anilines is 2. The number of nitrogens with one attached hydrogen (secondary N) is 1. The molecule has 0 bridgehead atoms. The summed E-state index contributed by atoms with van der Waals surface area (Å²) in [4.78, 5) is 18.1. The minimum Gasteiger partial charge on any atom is -0.494 e. The smallest absolute Gasteiger partial charge is 0.159 e. The molecule has 170 valence electrons. The first-order valence-corrected chi connectivity index (χ1v) is 9.92. The molecule has 33 heavy (non-hydrogen) atoms. The van der Waals surface area contributed by atoms with Crippen LogP contribution in [0, 0.1) is 24.1 Å². The van der Waals surface area contributed by atoms with E-state index in [1.807, 2.05) is 6.07 Å². The van der Waals surface area contributed by atoms with Crippen LogP contribution in [-0.2, 0) is 11.2 Å². The molecule has 1 N–H and O–H groups in total. The maximum atomic E-state index is 14.3. The molecule has 2 aromatic carbocycles. The lowest BCUT2D eigenvalue weighted by Crippen LogP contribution is -2.11. The molecular formula is C26H27FN4O2. The van der Waals surface area contributed by atoms with Crippen molar-refractivity contribution in [2.24, 2.45) is 0 Å². The summed E-state index contributed by atoms with van der Waals surface area (Å²) in [5.74, 6) is -1.44. The number of ether oxygens (including phenoxy) is 1. The molecule has 6 nitrogen and oxygen atoms in total. The Balaban J connectivity index is 2.15. The predicted octanol–water partition coefficient (Wildman–Crippen LogP) is 4.93. The Bertz CT molecular complexity index is 1550. The van der Waals surface area contributed by atoms with Gasteiger partial charge in [-0.2, -0.15) is 5.26 Å². The van der Waals surface area contributed by atoms with Gasteiger partial charge in [0.05, 0.1) is 30.2 Å². The Morgan fingerprint density at radius 3 is 3.03 bits per heavy atom. The summed E-state index contributed by atoms with van der Waals surface area (Å²) in [7, 11) is 1.38. The fourth-order valence-corrected chi connectivity index (χ4v) is 3.09. The van der Waals surface area contributed by atoms with E-state index in [-0.39, 0.29) is 63.7 Å². The van der Waals surface area contributed by atoms with Gasteiger partial charge in [0.15, 0.2) is 5.78 Å². The van der Waals surface area contributed by atoms with E-state index in [0.717, 1.165) is 4.90 Å². The molecular weight excluding hydrogens is 419 g/mol. The second-order valence-electron chi connectivity index (χ2n) is 7.18. The Morgan fingerprint density at radius 2 is 2.30 bits per heavy atom. The van der Waals surface area contributed by atoms with Gasteiger partial charge in [-0.3, -0.25) is 9.78 Å². The van der Waals surface area contributed by atoms with Crippen LogP contribution in [0.1, 0.15) is 34.6 Å². The minimum atomic E-state index is -2.34. The summed E-state index contributed by atoms with van der Waals surface area (Å²) >= 11 is 0. The fraction of sp³-hybridized carbons (Fsp3) is 0.269. The lowest BCUT2D eigenvalue weighted by atomic mass is 10.0. The fourth-order valence-electron chi connectivity index (χ4n) is 3.09. The normalized spacial score (nSPS) is 15.5. The van der Waals surface area contributed by atoms with Gasteiger partial charge in [0, 0.05) is 46.0 Å². The number of carbonyl (C=O) groups excluding carboxylic acids is 1. The Morgan fingerprint density at radius 1 is 1.48 bits per heavy atom. The van der Waals surface area contributed by atoms with E-state index in [2.05, 4.69) is 10.3 Å². The first kappa shape index (κ1) is 15.1. The molecule has 0 fully saturated rings. The minimum absolute atomic E-state index is 0.00273. The first-order chi connectivity index (χ1) is 18.9. The average Bonchev–Trinajstić information content (AvgIpc) is 2.87. The summed E-state index contributed by atoms with van der Waals surface area (Å²) in [6.45, 7) is -2.02. The number of hydrogen-bond acceptors (Lipinski definition) is 6. The lowest BCUT2D eigenvalue weighted by molar-refractivity contribution is -0.114. The van der Waals surface area contributed by atoms with Crippen molar-refractivity contribution in [2.75, 3.05) is 32.4 Å². The third-order valence-electron chi connectivity index (χ3n) is 4.62. The van der Waals surface area contributed by atoms with Crippen LogP contribution in [0.4, 0.5) is 15.8 Å². The van der Waals surface area contributed by atoms with Gasteiger partial charge in [-0.05, 0) is 63.7 Å². The van der Waals surface area contributed by atoms with Gasteiger partial charge >= 0.3 is 0 Å². The van der Waals surface area contributed by atoms with Crippen LogP contribution in [0.3, 0.4) is 0 Å². The number of halogens is 1. The molecule has 0 spiro atoms. The van der Waals surface area contributed by atoms with Crippen LogP contribution in [0.5, 0.6) is 5.75 Å². The van der Waals surface area contributed by atoms with Crippen LogP contribution in [0.2, 0.25) is 0 Å². The zero-order valence-corrected chi connectivity index (χ0v) is 18.3. The van der Waals surface area contributed by atoms with Crippen molar-refractivity contribution in [3.8, 4) is 11.8 Å². The number of rotatable bonds is 9. The maximum Gasteiger partial charge on any atom is 0.159 e. The third-order valence-corrected chi connectivity index (χ3v) is 4.62. The lowest BCUT2D eigenvalue weighted by Gasteiger charge is -2.15.